The third-order valence-corrected chi connectivity index (χ3v) is 3.03. The molecule has 2 aromatic heterocycles. The van der Waals surface area contributed by atoms with E-state index in [1.165, 1.54) is 0 Å². The van der Waals surface area contributed by atoms with E-state index < -0.39 is 4.92 Å². The van der Waals surface area contributed by atoms with Crippen molar-refractivity contribution in [1.82, 2.24) is 9.97 Å². The fraction of sp³-hybridized carbons (Fsp3) is 0.429. The largest absolute Gasteiger partial charge is 0.382 e. The van der Waals surface area contributed by atoms with Gasteiger partial charge in [-0.1, -0.05) is 20.8 Å². The van der Waals surface area contributed by atoms with E-state index in [-0.39, 0.29) is 5.82 Å². The number of hydrogen-bond donors (Lipinski definition) is 1. The van der Waals surface area contributed by atoms with Gasteiger partial charge in [0.1, 0.15) is 5.52 Å². The summed E-state index contributed by atoms with van der Waals surface area (Å²) in [6.45, 7) is 6.80. The maximum absolute atomic E-state index is 11.2. The van der Waals surface area contributed by atoms with Crippen LogP contribution in [0.5, 0.6) is 0 Å². The van der Waals surface area contributed by atoms with Crippen molar-refractivity contribution in [3.05, 3.63) is 34.0 Å². The average Bonchev–Trinajstić information content (AvgIpc) is 2.43. The van der Waals surface area contributed by atoms with Crippen LogP contribution in [-0.4, -0.2) is 21.4 Å². The first-order chi connectivity index (χ1) is 9.54. The fourth-order valence-corrected chi connectivity index (χ4v) is 2.10. The van der Waals surface area contributed by atoms with Crippen LogP contribution in [0.15, 0.2) is 18.3 Å². The molecule has 2 aromatic rings. The number of rotatable bonds is 5. The molecule has 0 fully saturated rings. The molecule has 0 spiro atoms. The summed E-state index contributed by atoms with van der Waals surface area (Å²) >= 11 is 0. The minimum atomic E-state index is -0.425. The zero-order chi connectivity index (χ0) is 14.7. The standard InChI is InChI=1S/C14H18N4O2/c1-4-10-12(16-8-9(2)3)13-11(6-5-7-15-13)17-14(10)18(19)20/h5-7,9H,4,8H2,1-3H3,(H,16,17). The van der Waals surface area contributed by atoms with Gasteiger partial charge in [-0.15, -0.1) is 0 Å². The maximum Gasteiger partial charge on any atom is 0.369 e. The molecular formula is C14H18N4O2. The molecule has 2 heterocycles. The van der Waals surface area contributed by atoms with Crippen molar-refractivity contribution in [3.8, 4) is 0 Å². The molecule has 0 radical (unpaired) electrons. The first-order valence-corrected chi connectivity index (χ1v) is 6.70. The van der Waals surface area contributed by atoms with Crippen molar-refractivity contribution in [2.45, 2.75) is 27.2 Å². The molecule has 2 rings (SSSR count). The van der Waals surface area contributed by atoms with Crippen LogP contribution in [0.2, 0.25) is 0 Å². The lowest BCUT2D eigenvalue weighted by Crippen LogP contribution is -2.12. The Hall–Kier alpha value is -2.24. The summed E-state index contributed by atoms with van der Waals surface area (Å²) in [5.74, 6) is 0.352. The Balaban J connectivity index is 2.67. The molecule has 1 N–H and O–H groups in total. The number of nitrogens with one attached hydrogen (secondary N) is 1. The van der Waals surface area contributed by atoms with Crippen LogP contribution in [0.3, 0.4) is 0 Å². The van der Waals surface area contributed by atoms with Gasteiger partial charge in [-0.05, 0) is 34.4 Å². The van der Waals surface area contributed by atoms with Crippen molar-refractivity contribution < 1.29 is 4.92 Å². The van der Waals surface area contributed by atoms with Gasteiger partial charge in [0, 0.05) is 12.7 Å². The summed E-state index contributed by atoms with van der Waals surface area (Å²) in [4.78, 5) is 19.2. The summed E-state index contributed by atoms with van der Waals surface area (Å²) in [6.07, 6.45) is 2.21. The maximum atomic E-state index is 11.2. The van der Waals surface area contributed by atoms with Crippen LogP contribution >= 0.6 is 0 Å². The highest BCUT2D eigenvalue weighted by molar-refractivity contribution is 5.91. The number of nitrogens with zero attached hydrogens (tertiary/aromatic N) is 3. The molecule has 0 atom stereocenters. The number of aromatic nitrogens is 2. The predicted octanol–water partition coefficient (Wildman–Crippen LogP) is 3.17. The lowest BCUT2D eigenvalue weighted by molar-refractivity contribution is -0.390. The molecule has 0 amide bonds. The summed E-state index contributed by atoms with van der Waals surface area (Å²) in [6, 6.07) is 3.48. The summed E-state index contributed by atoms with van der Waals surface area (Å²) in [5, 5.41) is 14.5. The molecule has 0 saturated heterocycles. The molecule has 0 aromatic carbocycles. The normalized spacial score (nSPS) is 11.0. The van der Waals surface area contributed by atoms with Gasteiger partial charge < -0.3 is 15.4 Å². The molecule has 106 valence electrons. The van der Waals surface area contributed by atoms with Crippen molar-refractivity contribution in [1.29, 1.82) is 0 Å². The van der Waals surface area contributed by atoms with E-state index in [4.69, 9.17) is 0 Å². The van der Waals surface area contributed by atoms with Crippen molar-refractivity contribution in [2.24, 2.45) is 5.92 Å². The lowest BCUT2D eigenvalue weighted by atomic mass is 10.1. The number of fused-ring (bicyclic) bond motifs is 1. The Labute approximate surface area is 117 Å². The van der Waals surface area contributed by atoms with Crippen molar-refractivity contribution in [2.75, 3.05) is 11.9 Å². The van der Waals surface area contributed by atoms with Crippen molar-refractivity contribution >= 4 is 22.5 Å². The van der Waals surface area contributed by atoms with Gasteiger partial charge in [-0.3, -0.25) is 4.98 Å². The quantitative estimate of drug-likeness (QED) is 0.669. The van der Waals surface area contributed by atoms with Crippen LogP contribution in [0, 0.1) is 16.0 Å². The third-order valence-electron chi connectivity index (χ3n) is 3.03. The van der Waals surface area contributed by atoms with Gasteiger partial charge in [-0.2, -0.15) is 0 Å². The van der Waals surface area contributed by atoms with Crippen molar-refractivity contribution in [3.63, 3.8) is 0 Å². The molecule has 0 aliphatic rings. The van der Waals surface area contributed by atoms with Crippen LogP contribution in [0.4, 0.5) is 11.5 Å². The second kappa shape index (κ2) is 5.81. The predicted molar refractivity (Wildman–Crippen MR) is 78.9 cm³/mol. The molecule has 0 unspecified atom stereocenters. The zero-order valence-electron chi connectivity index (χ0n) is 11.9. The molecule has 6 heteroatoms. The van der Waals surface area contributed by atoms with Crippen LogP contribution in [-0.2, 0) is 6.42 Å². The first-order valence-electron chi connectivity index (χ1n) is 6.70. The van der Waals surface area contributed by atoms with Gasteiger partial charge in [0.2, 0.25) is 5.52 Å². The summed E-state index contributed by atoms with van der Waals surface area (Å²) in [5.41, 5.74) is 2.58. The zero-order valence-corrected chi connectivity index (χ0v) is 11.9. The van der Waals surface area contributed by atoms with E-state index in [2.05, 4.69) is 29.1 Å². The Morgan fingerprint density at radius 3 is 2.80 bits per heavy atom. The fourth-order valence-electron chi connectivity index (χ4n) is 2.10. The highest BCUT2D eigenvalue weighted by Gasteiger charge is 2.23. The van der Waals surface area contributed by atoms with Gasteiger partial charge in [-0.25, -0.2) is 0 Å². The molecule has 20 heavy (non-hydrogen) atoms. The summed E-state index contributed by atoms with van der Waals surface area (Å²) < 4.78 is 0. The molecule has 0 saturated carbocycles. The highest BCUT2D eigenvalue weighted by Crippen LogP contribution is 2.31. The van der Waals surface area contributed by atoms with E-state index in [0.29, 0.717) is 28.9 Å². The second-order valence-corrected chi connectivity index (χ2v) is 5.05. The molecule has 0 bridgehead atoms. The molecule has 0 aliphatic heterocycles. The molecule has 0 aliphatic carbocycles. The molecular weight excluding hydrogens is 256 g/mol. The Morgan fingerprint density at radius 2 is 2.20 bits per heavy atom. The van der Waals surface area contributed by atoms with E-state index >= 15 is 0 Å². The smallest absolute Gasteiger partial charge is 0.369 e. The molecule has 6 nitrogen and oxygen atoms in total. The minimum absolute atomic E-state index is 0.0840. The number of pyridine rings is 2. The van der Waals surface area contributed by atoms with E-state index in [1.54, 1.807) is 18.3 Å². The minimum Gasteiger partial charge on any atom is -0.382 e. The number of anilines is 1. The first kappa shape index (κ1) is 14.2. The van der Waals surface area contributed by atoms with Crippen LogP contribution < -0.4 is 5.32 Å². The lowest BCUT2D eigenvalue weighted by Gasteiger charge is -2.14. The third kappa shape index (κ3) is 2.68. The van der Waals surface area contributed by atoms with Gasteiger partial charge >= 0.3 is 5.82 Å². The van der Waals surface area contributed by atoms with Gasteiger partial charge in [0.25, 0.3) is 0 Å². The number of hydrogen-bond acceptors (Lipinski definition) is 5. The summed E-state index contributed by atoms with van der Waals surface area (Å²) in [7, 11) is 0. The van der Waals surface area contributed by atoms with Crippen LogP contribution in [0.25, 0.3) is 11.0 Å². The Morgan fingerprint density at radius 1 is 1.45 bits per heavy atom. The monoisotopic (exact) mass is 274 g/mol. The van der Waals surface area contributed by atoms with Gasteiger partial charge in [0.05, 0.1) is 11.3 Å². The topological polar surface area (TPSA) is 81.0 Å². The second-order valence-electron chi connectivity index (χ2n) is 5.05. The van der Waals surface area contributed by atoms with E-state index in [0.717, 1.165) is 12.2 Å². The Bertz CT molecular complexity index is 640. The highest BCUT2D eigenvalue weighted by atomic mass is 16.6. The Kier molecular flexibility index (Phi) is 4.12. The van der Waals surface area contributed by atoms with Gasteiger partial charge in [0.15, 0.2) is 0 Å². The average molecular weight is 274 g/mol. The SMILES string of the molecule is CCc1c([N+](=O)[O-])nc2cccnc2c1NCC(C)C. The number of nitro groups is 1. The van der Waals surface area contributed by atoms with Crippen LogP contribution in [0.1, 0.15) is 26.3 Å². The van der Waals surface area contributed by atoms with E-state index in [1.807, 2.05) is 6.92 Å². The van der Waals surface area contributed by atoms with E-state index in [9.17, 15) is 10.1 Å².